The lowest BCUT2D eigenvalue weighted by Gasteiger charge is -2.20. The number of phenolic OH excluding ortho intramolecular Hbond substituents is 1. The third-order valence-corrected chi connectivity index (χ3v) is 3.92. The van der Waals surface area contributed by atoms with Crippen LogP contribution in [0.25, 0.3) is 0 Å². The van der Waals surface area contributed by atoms with Crippen molar-refractivity contribution in [3.63, 3.8) is 0 Å². The van der Waals surface area contributed by atoms with Crippen LogP contribution in [0.4, 0.5) is 4.39 Å². The maximum Gasteiger partial charge on any atom is 0.303 e. The van der Waals surface area contributed by atoms with Crippen LogP contribution < -0.4 is 4.74 Å². The minimum Gasteiger partial charge on any atom is -0.504 e. The number of rotatable bonds is 5. The van der Waals surface area contributed by atoms with Crippen molar-refractivity contribution >= 4 is 21.9 Å². The zero-order valence-corrected chi connectivity index (χ0v) is 11.9. The Morgan fingerprint density at radius 3 is 2.74 bits per heavy atom. The molecule has 0 amide bonds. The molecule has 1 aromatic carbocycles. The number of phenols is 1. The van der Waals surface area contributed by atoms with Crippen molar-refractivity contribution in [2.24, 2.45) is 5.92 Å². The van der Waals surface area contributed by atoms with Gasteiger partial charge in [0.2, 0.25) is 0 Å². The van der Waals surface area contributed by atoms with E-state index in [1.165, 1.54) is 13.2 Å². The van der Waals surface area contributed by atoms with Gasteiger partial charge in [-0.05, 0) is 34.7 Å². The van der Waals surface area contributed by atoms with E-state index < -0.39 is 17.7 Å². The van der Waals surface area contributed by atoms with Crippen molar-refractivity contribution in [3.8, 4) is 11.5 Å². The topological polar surface area (TPSA) is 66.8 Å². The van der Waals surface area contributed by atoms with Gasteiger partial charge in [-0.2, -0.15) is 0 Å². The van der Waals surface area contributed by atoms with E-state index in [1.807, 2.05) is 0 Å². The molecule has 0 aliphatic heterocycles. The van der Waals surface area contributed by atoms with Gasteiger partial charge < -0.3 is 14.9 Å². The quantitative estimate of drug-likeness (QED) is 0.868. The lowest BCUT2D eigenvalue weighted by atomic mass is 9.89. The Kier molecular flexibility index (Phi) is 3.99. The fraction of sp³-hybridized carbons (Fsp3) is 0.462. The number of methoxy groups -OCH3 is 1. The standard InChI is InChI=1S/C13H14BrFO4/c1-19-13-9(16)5-8(14)12(15)11(13)7(4-10(17)18)6-2-3-6/h5-7,16H,2-4H2,1H3,(H,17,18). The summed E-state index contributed by atoms with van der Waals surface area (Å²) in [5.41, 5.74) is 0.152. The Bertz CT molecular complexity index is 514. The summed E-state index contributed by atoms with van der Waals surface area (Å²) in [5, 5.41) is 18.8. The molecule has 1 aliphatic carbocycles. The Morgan fingerprint density at radius 1 is 1.63 bits per heavy atom. The number of ether oxygens (including phenoxy) is 1. The number of halogens is 2. The SMILES string of the molecule is COc1c(O)cc(Br)c(F)c1C(CC(=O)O)C1CC1. The van der Waals surface area contributed by atoms with Gasteiger partial charge in [-0.15, -0.1) is 0 Å². The minimum absolute atomic E-state index is 0.0267. The van der Waals surface area contributed by atoms with Crippen LogP contribution in [-0.2, 0) is 4.79 Å². The number of aliphatic carboxylic acids is 1. The zero-order valence-electron chi connectivity index (χ0n) is 10.3. The minimum atomic E-state index is -0.988. The smallest absolute Gasteiger partial charge is 0.303 e. The third-order valence-electron chi connectivity index (χ3n) is 3.35. The second-order valence-corrected chi connectivity index (χ2v) is 5.53. The van der Waals surface area contributed by atoms with Crippen LogP contribution in [0.1, 0.15) is 30.7 Å². The van der Waals surface area contributed by atoms with Gasteiger partial charge in [0.05, 0.1) is 18.0 Å². The van der Waals surface area contributed by atoms with Gasteiger partial charge in [0, 0.05) is 17.5 Å². The summed E-state index contributed by atoms with van der Waals surface area (Å²) < 4.78 is 19.4. The van der Waals surface area contributed by atoms with E-state index in [-0.39, 0.29) is 33.9 Å². The van der Waals surface area contributed by atoms with Crippen LogP contribution in [0.5, 0.6) is 11.5 Å². The largest absolute Gasteiger partial charge is 0.504 e. The fourth-order valence-corrected chi connectivity index (χ4v) is 2.78. The molecule has 0 spiro atoms. The lowest BCUT2D eigenvalue weighted by Crippen LogP contribution is -2.12. The Balaban J connectivity index is 2.53. The molecule has 1 aromatic rings. The molecule has 0 heterocycles. The van der Waals surface area contributed by atoms with E-state index >= 15 is 0 Å². The number of aromatic hydroxyl groups is 1. The van der Waals surface area contributed by atoms with Crippen LogP contribution in [0, 0.1) is 11.7 Å². The molecule has 1 unspecified atom stereocenters. The van der Waals surface area contributed by atoms with Crippen molar-refractivity contribution in [3.05, 3.63) is 21.9 Å². The summed E-state index contributed by atoms with van der Waals surface area (Å²) in [5.74, 6) is -2.06. The molecule has 0 bridgehead atoms. The molecule has 1 fully saturated rings. The molecule has 2 N–H and O–H groups in total. The highest BCUT2D eigenvalue weighted by Crippen LogP contribution is 2.50. The number of carboxylic acids is 1. The molecular formula is C13H14BrFO4. The second kappa shape index (κ2) is 5.36. The van der Waals surface area contributed by atoms with Crippen molar-refractivity contribution in [2.45, 2.75) is 25.2 Å². The van der Waals surface area contributed by atoms with E-state index in [0.717, 1.165) is 12.8 Å². The number of benzene rings is 1. The molecule has 0 saturated heterocycles. The second-order valence-electron chi connectivity index (χ2n) is 4.68. The van der Waals surface area contributed by atoms with Gasteiger partial charge in [-0.25, -0.2) is 4.39 Å². The summed E-state index contributed by atoms with van der Waals surface area (Å²) in [6.45, 7) is 0. The molecule has 2 rings (SSSR count). The van der Waals surface area contributed by atoms with Gasteiger partial charge in [0.15, 0.2) is 11.5 Å². The highest BCUT2D eigenvalue weighted by Gasteiger charge is 2.38. The summed E-state index contributed by atoms with van der Waals surface area (Å²) in [6.07, 6.45) is 1.56. The normalized spacial score (nSPS) is 16.2. The van der Waals surface area contributed by atoms with Crippen molar-refractivity contribution in [1.29, 1.82) is 0 Å². The predicted molar refractivity (Wildman–Crippen MR) is 70.0 cm³/mol. The summed E-state index contributed by atoms with van der Waals surface area (Å²) >= 11 is 3.03. The molecular weight excluding hydrogens is 319 g/mol. The number of hydrogen-bond donors (Lipinski definition) is 2. The summed E-state index contributed by atoms with van der Waals surface area (Å²) in [4.78, 5) is 11.0. The van der Waals surface area contributed by atoms with Crippen molar-refractivity contribution in [1.82, 2.24) is 0 Å². The maximum atomic E-state index is 14.3. The van der Waals surface area contributed by atoms with Gasteiger partial charge in [-0.3, -0.25) is 4.79 Å². The molecule has 4 nitrogen and oxygen atoms in total. The predicted octanol–water partition coefficient (Wildman–Crippen LogP) is 3.27. The van der Waals surface area contributed by atoms with Crippen LogP contribution >= 0.6 is 15.9 Å². The van der Waals surface area contributed by atoms with Crippen LogP contribution in [0.3, 0.4) is 0 Å². The fourth-order valence-electron chi connectivity index (χ4n) is 2.35. The monoisotopic (exact) mass is 332 g/mol. The summed E-state index contributed by atoms with van der Waals surface area (Å²) in [6, 6.07) is 1.21. The van der Waals surface area contributed by atoms with E-state index in [2.05, 4.69) is 15.9 Å². The van der Waals surface area contributed by atoms with Crippen molar-refractivity contribution in [2.75, 3.05) is 7.11 Å². The molecule has 0 aromatic heterocycles. The molecule has 104 valence electrons. The first-order valence-electron chi connectivity index (χ1n) is 5.92. The Labute approximate surface area is 118 Å². The first-order chi connectivity index (χ1) is 8.95. The van der Waals surface area contributed by atoms with Gasteiger partial charge in [0.25, 0.3) is 0 Å². The van der Waals surface area contributed by atoms with Crippen LogP contribution in [0.2, 0.25) is 0 Å². The van der Waals surface area contributed by atoms with E-state index in [9.17, 15) is 14.3 Å². The maximum absolute atomic E-state index is 14.3. The molecule has 1 aliphatic rings. The van der Waals surface area contributed by atoms with Crippen LogP contribution in [0.15, 0.2) is 10.5 Å². The number of carboxylic acid groups (broad SMARTS) is 1. The molecule has 19 heavy (non-hydrogen) atoms. The average Bonchev–Trinajstić information content (AvgIpc) is 3.14. The van der Waals surface area contributed by atoms with Gasteiger partial charge >= 0.3 is 5.97 Å². The summed E-state index contributed by atoms with van der Waals surface area (Å²) in [7, 11) is 1.33. The highest BCUT2D eigenvalue weighted by atomic mass is 79.9. The number of hydrogen-bond acceptors (Lipinski definition) is 3. The molecule has 0 radical (unpaired) electrons. The van der Waals surface area contributed by atoms with Crippen molar-refractivity contribution < 1.29 is 24.1 Å². The number of carbonyl (C=O) groups is 1. The Morgan fingerprint density at radius 2 is 2.26 bits per heavy atom. The first kappa shape index (κ1) is 14.1. The molecule has 1 saturated carbocycles. The van der Waals surface area contributed by atoms with Gasteiger partial charge in [0.1, 0.15) is 5.82 Å². The van der Waals surface area contributed by atoms with E-state index in [0.29, 0.717) is 0 Å². The first-order valence-corrected chi connectivity index (χ1v) is 6.71. The van der Waals surface area contributed by atoms with E-state index in [1.54, 1.807) is 0 Å². The zero-order chi connectivity index (χ0) is 14.2. The molecule has 6 heteroatoms. The average molecular weight is 333 g/mol. The highest BCUT2D eigenvalue weighted by molar-refractivity contribution is 9.10. The van der Waals surface area contributed by atoms with Gasteiger partial charge in [-0.1, -0.05) is 0 Å². The lowest BCUT2D eigenvalue weighted by molar-refractivity contribution is -0.137. The third kappa shape index (κ3) is 2.83. The molecule has 1 atom stereocenters. The van der Waals surface area contributed by atoms with E-state index in [4.69, 9.17) is 9.84 Å². The van der Waals surface area contributed by atoms with Crippen LogP contribution in [-0.4, -0.2) is 23.3 Å². The Hall–Kier alpha value is -1.30.